The van der Waals surface area contributed by atoms with Crippen molar-refractivity contribution in [2.24, 2.45) is 0 Å². The van der Waals surface area contributed by atoms with E-state index in [1.807, 2.05) is 18.2 Å². The lowest BCUT2D eigenvalue weighted by molar-refractivity contribution is 0.310. The molecular formula is C20H24N4O2. The Morgan fingerprint density at radius 2 is 2.15 bits per heavy atom. The van der Waals surface area contributed by atoms with Gasteiger partial charge in [0, 0.05) is 43.6 Å². The maximum atomic E-state index is 5.92. The van der Waals surface area contributed by atoms with Crippen LogP contribution in [-0.2, 0) is 0 Å². The number of ether oxygens (including phenoxy) is 2. The lowest BCUT2D eigenvalue weighted by atomic mass is 10.0. The number of benzene rings is 1. The van der Waals surface area contributed by atoms with Crippen molar-refractivity contribution in [1.29, 1.82) is 0 Å². The van der Waals surface area contributed by atoms with E-state index in [9.17, 15) is 0 Å². The maximum absolute atomic E-state index is 5.92. The molecule has 1 saturated heterocycles. The second-order valence-electron chi connectivity index (χ2n) is 6.68. The number of nitrogens with zero attached hydrogens (tertiary/aromatic N) is 3. The SMILES string of the molecule is COc1cccc2c1OCC(CNC1CCCN(c3ncccn3)C1)=C2. The summed E-state index contributed by atoms with van der Waals surface area (Å²) in [5.74, 6) is 2.44. The average molecular weight is 352 g/mol. The third-order valence-electron chi connectivity index (χ3n) is 4.86. The van der Waals surface area contributed by atoms with Crippen molar-refractivity contribution in [3.05, 3.63) is 47.8 Å². The van der Waals surface area contributed by atoms with Crippen LogP contribution < -0.4 is 19.7 Å². The Balaban J connectivity index is 1.37. The van der Waals surface area contributed by atoms with Crippen molar-refractivity contribution in [3.8, 4) is 11.5 Å². The van der Waals surface area contributed by atoms with Gasteiger partial charge < -0.3 is 19.7 Å². The van der Waals surface area contributed by atoms with E-state index in [1.54, 1.807) is 19.5 Å². The van der Waals surface area contributed by atoms with Gasteiger partial charge in [-0.3, -0.25) is 0 Å². The molecule has 1 N–H and O–H groups in total. The molecule has 0 bridgehead atoms. The van der Waals surface area contributed by atoms with Crippen molar-refractivity contribution < 1.29 is 9.47 Å². The van der Waals surface area contributed by atoms with E-state index in [0.29, 0.717) is 12.6 Å². The highest BCUT2D eigenvalue weighted by Gasteiger charge is 2.22. The molecule has 2 aliphatic heterocycles. The van der Waals surface area contributed by atoms with E-state index >= 15 is 0 Å². The highest BCUT2D eigenvalue weighted by molar-refractivity contribution is 5.66. The molecule has 0 radical (unpaired) electrons. The molecule has 1 fully saturated rings. The highest BCUT2D eigenvalue weighted by Crippen LogP contribution is 2.35. The van der Waals surface area contributed by atoms with E-state index in [4.69, 9.17) is 9.47 Å². The maximum Gasteiger partial charge on any atom is 0.225 e. The predicted octanol–water partition coefficient (Wildman–Crippen LogP) is 2.52. The monoisotopic (exact) mass is 352 g/mol. The summed E-state index contributed by atoms with van der Waals surface area (Å²) in [5, 5.41) is 3.67. The van der Waals surface area contributed by atoms with Crippen LogP contribution in [0.15, 0.2) is 42.2 Å². The summed E-state index contributed by atoms with van der Waals surface area (Å²) in [6.07, 6.45) is 8.12. The van der Waals surface area contributed by atoms with Crippen LogP contribution in [0, 0.1) is 0 Å². The molecule has 1 atom stereocenters. The smallest absolute Gasteiger partial charge is 0.225 e. The third-order valence-corrected chi connectivity index (χ3v) is 4.86. The number of para-hydroxylation sites is 1. The molecule has 3 heterocycles. The van der Waals surface area contributed by atoms with E-state index < -0.39 is 0 Å². The molecule has 136 valence electrons. The Labute approximate surface area is 153 Å². The first-order valence-corrected chi connectivity index (χ1v) is 9.08. The number of hydrogen-bond donors (Lipinski definition) is 1. The topological polar surface area (TPSA) is 59.5 Å². The Kier molecular flexibility index (Phi) is 5.02. The van der Waals surface area contributed by atoms with Crippen LogP contribution in [0.2, 0.25) is 0 Å². The molecule has 1 unspecified atom stereocenters. The van der Waals surface area contributed by atoms with Gasteiger partial charge in [0.1, 0.15) is 6.61 Å². The predicted molar refractivity (Wildman–Crippen MR) is 102 cm³/mol. The number of methoxy groups -OCH3 is 1. The molecule has 26 heavy (non-hydrogen) atoms. The first kappa shape index (κ1) is 16.8. The fraction of sp³-hybridized carbons (Fsp3) is 0.400. The molecule has 2 aliphatic rings. The molecule has 6 heteroatoms. The molecular weight excluding hydrogens is 328 g/mol. The van der Waals surface area contributed by atoms with Crippen LogP contribution in [-0.4, -0.2) is 49.4 Å². The first-order chi connectivity index (χ1) is 12.8. The fourth-order valence-corrected chi connectivity index (χ4v) is 3.55. The number of fused-ring (bicyclic) bond motifs is 1. The zero-order valence-electron chi connectivity index (χ0n) is 15.0. The summed E-state index contributed by atoms with van der Waals surface area (Å²) >= 11 is 0. The molecule has 1 aromatic carbocycles. The number of piperidine rings is 1. The number of nitrogens with one attached hydrogen (secondary N) is 1. The molecule has 4 rings (SSSR count). The summed E-state index contributed by atoms with van der Waals surface area (Å²) in [4.78, 5) is 11.0. The van der Waals surface area contributed by atoms with Gasteiger partial charge >= 0.3 is 0 Å². The van der Waals surface area contributed by atoms with Gasteiger partial charge in [-0.25, -0.2) is 9.97 Å². The Hall–Kier alpha value is -2.60. The van der Waals surface area contributed by atoms with Gasteiger partial charge in [0.15, 0.2) is 11.5 Å². The van der Waals surface area contributed by atoms with Crippen molar-refractivity contribution in [2.75, 3.05) is 38.3 Å². The zero-order chi connectivity index (χ0) is 17.8. The fourth-order valence-electron chi connectivity index (χ4n) is 3.55. The second kappa shape index (κ2) is 7.74. The summed E-state index contributed by atoms with van der Waals surface area (Å²) < 4.78 is 11.3. The van der Waals surface area contributed by atoms with Gasteiger partial charge in [0.25, 0.3) is 0 Å². The third kappa shape index (κ3) is 3.65. The number of aromatic nitrogens is 2. The van der Waals surface area contributed by atoms with Crippen LogP contribution in [0.25, 0.3) is 6.08 Å². The normalized spacial score (nSPS) is 19.3. The molecule has 0 aliphatic carbocycles. The standard InChI is InChI=1S/C20H24N4O2/c1-25-18-7-2-5-16-11-15(14-26-19(16)18)12-23-17-6-3-10-24(13-17)20-21-8-4-9-22-20/h2,4-5,7-9,11,17,23H,3,6,10,12-14H2,1H3. The van der Waals surface area contributed by atoms with E-state index in [1.165, 1.54) is 12.0 Å². The molecule has 0 saturated carbocycles. The summed E-state index contributed by atoms with van der Waals surface area (Å²) in [6, 6.07) is 8.27. The average Bonchev–Trinajstić information content (AvgIpc) is 2.72. The molecule has 0 spiro atoms. The van der Waals surface area contributed by atoms with Gasteiger partial charge in [-0.2, -0.15) is 0 Å². The Morgan fingerprint density at radius 1 is 1.27 bits per heavy atom. The molecule has 6 nitrogen and oxygen atoms in total. The molecule has 2 aromatic rings. The lowest BCUT2D eigenvalue weighted by Gasteiger charge is -2.33. The molecule has 0 amide bonds. The number of anilines is 1. The van der Waals surface area contributed by atoms with Gasteiger partial charge in [-0.15, -0.1) is 0 Å². The van der Waals surface area contributed by atoms with Crippen molar-refractivity contribution in [1.82, 2.24) is 15.3 Å². The van der Waals surface area contributed by atoms with Crippen LogP contribution in [0.1, 0.15) is 18.4 Å². The minimum absolute atomic E-state index is 0.431. The van der Waals surface area contributed by atoms with Crippen LogP contribution in [0.3, 0.4) is 0 Å². The van der Waals surface area contributed by atoms with Gasteiger partial charge in [0.05, 0.1) is 7.11 Å². The largest absolute Gasteiger partial charge is 0.493 e. The Bertz CT molecular complexity index is 779. The van der Waals surface area contributed by atoms with Crippen molar-refractivity contribution in [2.45, 2.75) is 18.9 Å². The second-order valence-corrected chi connectivity index (χ2v) is 6.68. The van der Waals surface area contributed by atoms with Gasteiger partial charge in [-0.05, 0) is 36.6 Å². The van der Waals surface area contributed by atoms with Crippen molar-refractivity contribution >= 4 is 12.0 Å². The summed E-state index contributed by atoms with van der Waals surface area (Å²) in [7, 11) is 1.67. The minimum atomic E-state index is 0.431. The van der Waals surface area contributed by atoms with Crippen LogP contribution in [0.4, 0.5) is 5.95 Å². The minimum Gasteiger partial charge on any atom is -0.493 e. The van der Waals surface area contributed by atoms with Crippen molar-refractivity contribution in [3.63, 3.8) is 0 Å². The molecule has 1 aromatic heterocycles. The first-order valence-electron chi connectivity index (χ1n) is 9.08. The van der Waals surface area contributed by atoms with Gasteiger partial charge in [-0.1, -0.05) is 12.1 Å². The highest BCUT2D eigenvalue weighted by atomic mass is 16.5. The zero-order valence-corrected chi connectivity index (χ0v) is 15.0. The van der Waals surface area contributed by atoms with Gasteiger partial charge in [0.2, 0.25) is 5.95 Å². The lowest BCUT2D eigenvalue weighted by Crippen LogP contribution is -2.47. The van der Waals surface area contributed by atoms with E-state index in [-0.39, 0.29) is 0 Å². The van der Waals surface area contributed by atoms with E-state index in [2.05, 4.69) is 32.3 Å². The quantitative estimate of drug-likeness (QED) is 0.892. The number of rotatable bonds is 5. The van der Waals surface area contributed by atoms with E-state index in [0.717, 1.165) is 49.1 Å². The summed E-state index contributed by atoms with van der Waals surface area (Å²) in [6.45, 7) is 3.37. The van der Waals surface area contributed by atoms with Crippen LogP contribution >= 0.6 is 0 Å². The summed E-state index contributed by atoms with van der Waals surface area (Å²) in [5.41, 5.74) is 2.33. The van der Waals surface area contributed by atoms with Crippen LogP contribution in [0.5, 0.6) is 11.5 Å². The Morgan fingerprint density at radius 3 is 3.00 bits per heavy atom. The number of hydrogen-bond acceptors (Lipinski definition) is 6.